The van der Waals surface area contributed by atoms with Crippen molar-refractivity contribution < 1.29 is 0 Å². The highest BCUT2D eigenvalue weighted by atomic mass is 14.4. The van der Waals surface area contributed by atoms with E-state index in [-0.39, 0.29) is 0 Å². The van der Waals surface area contributed by atoms with E-state index in [1.807, 2.05) is 36.4 Å². The highest BCUT2D eigenvalue weighted by molar-refractivity contribution is 6.30. The second kappa shape index (κ2) is 5.66. The van der Waals surface area contributed by atoms with Crippen LogP contribution in [0.1, 0.15) is 30.5 Å². The minimum atomic E-state index is 0.589. The van der Waals surface area contributed by atoms with Crippen LogP contribution in [-0.4, -0.2) is 5.71 Å². The summed E-state index contributed by atoms with van der Waals surface area (Å²) in [7, 11) is 0. The Hall–Kier alpha value is -2.15. The zero-order valence-electron chi connectivity index (χ0n) is 11.7. The van der Waals surface area contributed by atoms with Gasteiger partial charge in [-0.25, -0.2) is 0 Å². The maximum absolute atomic E-state index is 8.47. The minimum absolute atomic E-state index is 0.589. The lowest BCUT2D eigenvalue weighted by Gasteiger charge is -2.13. The van der Waals surface area contributed by atoms with E-state index in [1.165, 1.54) is 11.1 Å². The molecule has 1 N–H and O–H groups in total. The molecule has 0 amide bonds. The van der Waals surface area contributed by atoms with Crippen LogP contribution in [0.25, 0.3) is 5.57 Å². The molecule has 0 aliphatic carbocycles. The van der Waals surface area contributed by atoms with Crippen LogP contribution in [0.2, 0.25) is 0 Å². The molecule has 1 heteroatoms. The summed E-state index contributed by atoms with van der Waals surface area (Å²) in [5, 5.41) is 8.47. The van der Waals surface area contributed by atoms with E-state index in [0.29, 0.717) is 5.71 Å². The van der Waals surface area contributed by atoms with E-state index >= 15 is 0 Å². The molecule has 0 aliphatic heterocycles. The first kappa shape index (κ1) is 13.3. The summed E-state index contributed by atoms with van der Waals surface area (Å²) in [5.74, 6) is 0. The standard InChI is InChI=1S/C18H19N/c1-13(2)17(16-11-7-8-14(3)12-16)18(19)15-9-5-4-6-10-15/h4-12,19H,1-3H3. The molecule has 2 aromatic rings. The topological polar surface area (TPSA) is 23.9 Å². The molecular formula is C18H19N. The van der Waals surface area contributed by atoms with Crippen molar-refractivity contribution in [2.24, 2.45) is 0 Å². The highest BCUT2D eigenvalue weighted by Gasteiger charge is 2.11. The average Bonchev–Trinajstić information content (AvgIpc) is 2.39. The number of nitrogens with one attached hydrogen (secondary N) is 1. The molecule has 2 aromatic carbocycles. The van der Waals surface area contributed by atoms with Crippen LogP contribution >= 0.6 is 0 Å². The normalized spacial score (nSPS) is 10.1. The number of allylic oxidation sites excluding steroid dienone is 2. The molecule has 2 rings (SSSR count). The highest BCUT2D eigenvalue weighted by Crippen LogP contribution is 2.24. The van der Waals surface area contributed by atoms with Gasteiger partial charge in [0.15, 0.2) is 0 Å². The van der Waals surface area contributed by atoms with Crippen molar-refractivity contribution >= 4 is 11.3 Å². The number of benzene rings is 2. The van der Waals surface area contributed by atoms with E-state index in [4.69, 9.17) is 5.41 Å². The molecule has 0 saturated carbocycles. The molecule has 0 heterocycles. The van der Waals surface area contributed by atoms with Crippen molar-refractivity contribution in [1.29, 1.82) is 5.41 Å². The van der Waals surface area contributed by atoms with Gasteiger partial charge in [0.2, 0.25) is 0 Å². The minimum Gasteiger partial charge on any atom is -0.300 e. The lowest BCUT2D eigenvalue weighted by molar-refractivity contribution is 1.37. The van der Waals surface area contributed by atoms with Gasteiger partial charge in [-0.2, -0.15) is 0 Å². The molecular weight excluding hydrogens is 230 g/mol. The average molecular weight is 249 g/mol. The number of hydrogen-bond acceptors (Lipinski definition) is 1. The Kier molecular flexibility index (Phi) is 3.96. The third kappa shape index (κ3) is 3.00. The summed E-state index contributed by atoms with van der Waals surface area (Å²) in [6.45, 7) is 6.21. The van der Waals surface area contributed by atoms with E-state index in [9.17, 15) is 0 Å². The fourth-order valence-corrected chi connectivity index (χ4v) is 2.23. The summed E-state index contributed by atoms with van der Waals surface area (Å²) >= 11 is 0. The van der Waals surface area contributed by atoms with Gasteiger partial charge in [-0.3, -0.25) is 5.41 Å². The van der Waals surface area contributed by atoms with Crippen LogP contribution in [0, 0.1) is 12.3 Å². The largest absolute Gasteiger partial charge is 0.300 e. The summed E-state index contributed by atoms with van der Waals surface area (Å²) in [6, 6.07) is 18.2. The Labute approximate surface area is 115 Å². The van der Waals surface area contributed by atoms with Crippen molar-refractivity contribution in [3.8, 4) is 0 Å². The third-order valence-corrected chi connectivity index (χ3v) is 3.12. The van der Waals surface area contributed by atoms with Gasteiger partial charge in [0.05, 0.1) is 5.71 Å². The van der Waals surface area contributed by atoms with Crippen molar-refractivity contribution in [2.75, 3.05) is 0 Å². The van der Waals surface area contributed by atoms with E-state index in [0.717, 1.165) is 16.7 Å². The predicted molar refractivity (Wildman–Crippen MR) is 82.7 cm³/mol. The first-order valence-electron chi connectivity index (χ1n) is 6.48. The zero-order chi connectivity index (χ0) is 13.8. The second-order valence-corrected chi connectivity index (χ2v) is 4.99. The Balaban J connectivity index is 2.49. The van der Waals surface area contributed by atoms with Crippen LogP contribution in [0.4, 0.5) is 0 Å². The zero-order valence-corrected chi connectivity index (χ0v) is 11.7. The smallest absolute Gasteiger partial charge is 0.0689 e. The SMILES string of the molecule is CC(C)=C(C(=N)c1ccccc1)c1cccc(C)c1. The van der Waals surface area contributed by atoms with E-state index in [1.54, 1.807) is 0 Å². The molecule has 19 heavy (non-hydrogen) atoms. The number of rotatable bonds is 3. The quantitative estimate of drug-likeness (QED) is 0.751. The van der Waals surface area contributed by atoms with Crippen LogP contribution in [0.3, 0.4) is 0 Å². The van der Waals surface area contributed by atoms with E-state index < -0.39 is 0 Å². The fourth-order valence-electron chi connectivity index (χ4n) is 2.23. The van der Waals surface area contributed by atoms with Gasteiger partial charge in [0.25, 0.3) is 0 Å². The Morgan fingerprint density at radius 1 is 0.842 bits per heavy atom. The molecule has 0 spiro atoms. The molecule has 0 radical (unpaired) electrons. The fraction of sp³-hybridized carbons (Fsp3) is 0.167. The van der Waals surface area contributed by atoms with Crippen molar-refractivity contribution in [2.45, 2.75) is 20.8 Å². The lowest BCUT2D eigenvalue weighted by Crippen LogP contribution is -2.04. The lowest BCUT2D eigenvalue weighted by atomic mass is 9.92. The summed E-state index contributed by atoms with van der Waals surface area (Å²) < 4.78 is 0. The molecule has 0 fully saturated rings. The van der Waals surface area contributed by atoms with Gasteiger partial charge in [0, 0.05) is 11.1 Å². The first-order valence-corrected chi connectivity index (χ1v) is 6.48. The maximum Gasteiger partial charge on any atom is 0.0689 e. The monoisotopic (exact) mass is 249 g/mol. The Morgan fingerprint density at radius 3 is 2.05 bits per heavy atom. The molecule has 0 unspecified atom stereocenters. The Bertz CT molecular complexity index is 617. The molecule has 0 aliphatic rings. The van der Waals surface area contributed by atoms with Gasteiger partial charge in [-0.1, -0.05) is 65.7 Å². The van der Waals surface area contributed by atoms with Crippen molar-refractivity contribution in [1.82, 2.24) is 0 Å². The van der Waals surface area contributed by atoms with Crippen LogP contribution in [0.15, 0.2) is 60.2 Å². The van der Waals surface area contributed by atoms with Crippen LogP contribution in [-0.2, 0) is 0 Å². The number of hydrogen-bond donors (Lipinski definition) is 1. The van der Waals surface area contributed by atoms with E-state index in [2.05, 4.69) is 39.0 Å². The maximum atomic E-state index is 8.47. The summed E-state index contributed by atoms with van der Waals surface area (Å²) in [4.78, 5) is 0. The van der Waals surface area contributed by atoms with Gasteiger partial charge in [-0.15, -0.1) is 0 Å². The molecule has 96 valence electrons. The van der Waals surface area contributed by atoms with Crippen LogP contribution < -0.4 is 0 Å². The Morgan fingerprint density at radius 2 is 1.47 bits per heavy atom. The number of aryl methyl sites for hydroxylation is 1. The molecule has 1 nitrogen and oxygen atoms in total. The van der Waals surface area contributed by atoms with Crippen molar-refractivity contribution in [3.63, 3.8) is 0 Å². The summed E-state index contributed by atoms with van der Waals surface area (Å²) in [5.41, 5.74) is 6.08. The van der Waals surface area contributed by atoms with Crippen molar-refractivity contribution in [3.05, 3.63) is 76.9 Å². The molecule has 0 saturated heterocycles. The third-order valence-electron chi connectivity index (χ3n) is 3.12. The summed E-state index contributed by atoms with van der Waals surface area (Å²) in [6.07, 6.45) is 0. The van der Waals surface area contributed by atoms with Gasteiger partial charge < -0.3 is 0 Å². The first-order chi connectivity index (χ1) is 9.09. The predicted octanol–water partition coefficient (Wildman–Crippen LogP) is 4.86. The molecule has 0 aromatic heterocycles. The van der Waals surface area contributed by atoms with Crippen LogP contribution in [0.5, 0.6) is 0 Å². The van der Waals surface area contributed by atoms with Gasteiger partial charge in [-0.05, 0) is 26.3 Å². The molecule has 0 atom stereocenters. The van der Waals surface area contributed by atoms with Gasteiger partial charge in [0.1, 0.15) is 0 Å². The second-order valence-electron chi connectivity index (χ2n) is 4.99. The molecule has 0 bridgehead atoms. The van der Waals surface area contributed by atoms with Gasteiger partial charge >= 0.3 is 0 Å².